The molecule has 22 heavy (non-hydrogen) atoms. The average Bonchev–Trinajstić information content (AvgIpc) is 2.59. The van der Waals surface area contributed by atoms with Gasteiger partial charge in [0.2, 0.25) is 5.91 Å². The first-order valence-electron chi connectivity index (χ1n) is 7.54. The van der Waals surface area contributed by atoms with Gasteiger partial charge in [0.1, 0.15) is 11.5 Å². The molecule has 0 aromatic heterocycles. The number of ether oxygens (including phenoxy) is 2. The number of rotatable bonds is 5. The number of carbonyl (C=O) groups is 1. The van der Waals surface area contributed by atoms with Crippen LogP contribution in [0.25, 0.3) is 0 Å². The molecule has 1 amide bonds. The molecule has 1 heterocycles. The Labute approximate surface area is 131 Å². The van der Waals surface area contributed by atoms with Gasteiger partial charge < -0.3 is 20.1 Å². The highest BCUT2D eigenvalue weighted by atomic mass is 16.5. The summed E-state index contributed by atoms with van der Waals surface area (Å²) in [6, 6.07) is 6.11. The van der Waals surface area contributed by atoms with E-state index in [1.165, 1.54) is 0 Å². The van der Waals surface area contributed by atoms with Crippen LogP contribution in [0.4, 0.5) is 0 Å². The largest absolute Gasteiger partial charge is 0.497 e. The monoisotopic (exact) mass is 307 g/mol. The van der Waals surface area contributed by atoms with Crippen LogP contribution in [0.2, 0.25) is 0 Å². The summed E-state index contributed by atoms with van der Waals surface area (Å²) in [7, 11) is 3.31. The van der Waals surface area contributed by atoms with Crippen LogP contribution in [0.3, 0.4) is 0 Å². The van der Waals surface area contributed by atoms with E-state index < -0.39 is 0 Å². The Balaban J connectivity index is 2.06. The van der Waals surface area contributed by atoms with E-state index in [9.17, 15) is 4.79 Å². The Kier molecular flexibility index (Phi) is 5.63. The lowest BCUT2D eigenvalue weighted by Gasteiger charge is -2.38. The maximum absolute atomic E-state index is 11.6. The second-order valence-electron chi connectivity index (χ2n) is 5.40. The molecule has 2 rings (SSSR count). The van der Waals surface area contributed by atoms with Crippen molar-refractivity contribution in [3.05, 3.63) is 23.8 Å². The van der Waals surface area contributed by atoms with Gasteiger partial charge in [0.25, 0.3) is 0 Å². The maximum Gasteiger partial charge on any atom is 0.236 e. The minimum absolute atomic E-state index is 0.0225. The second-order valence-corrected chi connectivity index (χ2v) is 5.40. The van der Waals surface area contributed by atoms with Gasteiger partial charge in [-0.3, -0.25) is 9.69 Å². The molecule has 1 aromatic rings. The van der Waals surface area contributed by atoms with Gasteiger partial charge in [0, 0.05) is 43.9 Å². The molecular formula is C16H25N3O3. The fraction of sp³-hybridized carbons (Fsp3) is 0.562. The van der Waals surface area contributed by atoms with E-state index in [2.05, 4.69) is 11.8 Å². The molecule has 0 bridgehead atoms. The summed E-state index contributed by atoms with van der Waals surface area (Å²) in [6.45, 7) is 5.36. The zero-order valence-corrected chi connectivity index (χ0v) is 13.5. The van der Waals surface area contributed by atoms with Gasteiger partial charge >= 0.3 is 0 Å². The van der Waals surface area contributed by atoms with Gasteiger partial charge in [0.15, 0.2) is 0 Å². The fourth-order valence-corrected chi connectivity index (χ4v) is 2.85. The second kappa shape index (κ2) is 7.47. The highest BCUT2D eigenvalue weighted by molar-refractivity contribution is 5.78. The number of hydrogen-bond donors (Lipinski definition) is 1. The van der Waals surface area contributed by atoms with E-state index in [4.69, 9.17) is 15.2 Å². The number of amides is 1. The topological polar surface area (TPSA) is 68.0 Å². The highest BCUT2D eigenvalue weighted by Crippen LogP contribution is 2.32. The lowest BCUT2D eigenvalue weighted by Crippen LogP contribution is -2.50. The Morgan fingerprint density at radius 2 is 1.91 bits per heavy atom. The normalized spacial score (nSPS) is 17.2. The van der Waals surface area contributed by atoms with Crippen molar-refractivity contribution in [2.24, 2.45) is 5.73 Å². The molecule has 1 unspecified atom stereocenters. The SMILES string of the molecule is COc1ccc(C(C)N2CCN(C(=O)CN)CC2)c(OC)c1. The van der Waals surface area contributed by atoms with Crippen molar-refractivity contribution in [3.63, 3.8) is 0 Å². The van der Waals surface area contributed by atoms with Crippen LogP contribution in [0.5, 0.6) is 11.5 Å². The Bertz CT molecular complexity index is 513. The number of piperazine rings is 1. The van der Waals surface area contributed by atoms with E-state index in [1.807, 2.05) is 23.1 Å². The molecule has 0 radical (unpaired) electrons. The number of nitrogens with zero attached hydrogens (tertiary/aromatic N) is 2. The average molecular weight is 307 g/mol. The Morgan fingerprint density at radius 1 is 1.23 bits per heavy atom. The molecule has 0 saturated carbocycles. The van der Waals surface area contributed by atoms with Gasteiger partial charge in [-0.15, -0.1) is 0 Å². The molecule has 1 fully saturated rings. The van der Waals surface area contributed by atoms with Crippen molar-refractivity contribution in [1.29, 1.82) is 0 Å². The van der Waals surface area contributed by atoms with E-state index in [0.29, 0.717) is 0 Å². The third-order valence-electron chi connectivity index (χ3n) is 4.28. The Hall–Kier alpha value is -1.79. The molecule has 1 aromatic carbocycles. The quantitative estimate of drug-likeness (QED) is 0.874. The van der Waals surface area contributed by atoms with Gasteiger partial charge in [0.05, 0.1) is 20.8 Å². The summed E-state index contributed by atoms with van der Waals surface area (Å²) in [5.74, 6) is 1.63. The third-order valence-corrected chi connectivity index (χ3v) is 4.28. The van der Waals surface area contributed by atoms with Crippen LogP contribution in [0.15, 0.2) is 18.2 Å². The van der Waals surface area contributed by atoms with Gasteiger partial charge in [-0.05, 0) is 13.0 Å². The number of benzene rings is 1. The predicted octanol–water partition coefficient (Wildman–Crippen LogP) is 0.868. The molecule has 0 spiro atoms. The zero-order chi connectivity index (χ0) is 16.1. The predicted molar refractivity (Wildman–Crippen MR) is 85.2 cm³/mol. The molecule has 2 N–H and O–H groups in total. The summed E-state index contributed by atoms with van der Waals surface area (Å²) in [5, 5.41) is 0. The van der Waals surface area contributed by atoms with Crippen molar-refractivity contribution < 1.29 is 14.3 Å². The minimum Gasteiger partial charge on any atom is -0.497 e. The lowest BCUT2D eigenvalue weighted by atomic mass is 10.0. The van der Waals surface area contributed by atoms with Gasteiger partial charge in [-0.1, -0.05) is 6.07 Å². The van der Waals surface area contributed by atoms with Crippen LogP contribution in [0, 0.1) is 0 Å². The highest BCUT2D eigenvalue weighted by Gasteiger charge is 2.25. The van der Waals surface area contributed by atoms with Crippen LogP contribution in [-0.4, -0.2) is 62.7 Å². The van der Waals surface area contributed by atoms with Gasteiger partial charge in [-0.2, -0.15) is 0 Å². The van der Waals surface area contributed by atoms with Crippen molar-refractivity contribution >= 4 is 5.91 Å². The lowest BCUT2D eigenvalue weighted by molar-refractivity contribution is -0.131. The first kappa shape index (κ1) is 16.6. The molecule has 122 valence electrons. The van der Waals surface area contributed by atoms with E-state index >= 15 is 0 Å². The summed E-state index contributed by atoms with van der Waals surface area (Å²) < 4.78 is 10.7. The molecule has 6 heteroatoms. The van der Waals surface area contributed by atoms with Gasteiger partial charge in [-0.25, -0.2) is 0 Å². The van der Waals surface area contributed by atoms with Crippen LogP contribution in [0.1, 0.15) is 18.5 Å². The first-order valence-corrected chi connectivity index (χ1v) is 7.54. The van der Waals surface area contributed by atoms with E-state index in [0.717, 1.165) is 43.2 Å². The standard InChI is InChI=1S/C16H25N3O3/c1-12(14-5-4-13(21-2)10-15(14)22-3)18-6-8-19(9-7-18)16(20)11-17/h4-5,10,12H,6-9,11,17H2,1-3H3. The van der Waals surface area contributed by atoms with E-state index in [1.54, 1.807) is 14.2 Å². The van der Waals surface area contributed by atoms with E-state index in [-0.39, 0.29) is 18.5 Å². The molecule has 6 nitrogen and oxygen atoms in total. The van der Waals surface area contributed by atoms with Crippen molar-refractivity contribution in [3.8, 4) is 11.5 Å². The summed E-state index contributed by atoms with van der Waals surface area (Å²) >= 11 is 0. The molecular weight excluding hydrogens is 282 g/mol. The van der Waals surface area contributed by atoms with Crippen LogP contribution in [-0.2, 0) is 4.79 Å². The minimum atomic E-state index is 0.0225. The van der Waals surface area contributed by atoms with Crippen molar-refractivity contribution in [1.82, 2.24) is 9.80 Å². The van der Waals surface area contributed by atoms with Crippen molar-refractivity contribution in [2.75, 3.05) is 46.9 Å². The smallest absolute Gasteiger partial charge is 0.236 e. The first-order chi connectivity index (χ1) is 10.6. The molecule has 1 aliphatic heterocycles. The van der Waals surface area contributed by atoms with Crippen LogP contribution >= 0.6 is 0 Å². The number of nitrogens with two attached hydrogens (primary N) is 1. The Morgan fingerprint density at radius 3 is 2.45 bits per heavy atom. The summed E-state index contributed by atoms with van der Waals surface area (Å²) in [4.78, 5) is 15.8. The molecule has 1 aliphatic rings. The molecule has 0 aliphatic carbocycles. The number of carbonyl (C=O) groups excluding carboxylic acids is 1. The maximum atomic E-state index is 11.6. The van der Waals surface area contributed by atoms with Crippen LogP contribution < -0.4 is 15.2 Å². The molecule has 1 saturated heterocycles. The summed E-state index contributed by atoms with van der Waals surface area (Å²) in [6.07, 6.45) is 0. The number of hydrogen-bond acceptors (Lipinski definition) is 5. The fourth-order valence-electron chi connectivity index (χ4n) is 2.85. The zero-order valence-electron chi connectivity index (χ0n) is 13.5. The number of methoxy groups -OCH3 is 2. The van der Waals surface area contributed by atoms with Crippen molar-refractivity contribution in [2.45, 2.75) is 13.0 Å². The molecule has 1 atom stereocenters. The third kappa shape index (κ3) is 3.51. The summed E-state index contributed by atoms with van der Waals surface area (Å²) in [5.41, 5.74) is 6.55.